The molecule has 0 unspecified atom stereocenters. The molecule has 1 aromatic carbocycles. The minimum absolute atomic E-state index is 0.274. The number of nitrogens with zero attached hydrogens (tertiary/aromatic N) is 3. The van der Waals surface area contributed by atoms with Crippen molar-refractivity contribution in [2.75, 3.05) is 0 Å². The molecule has 1 aromatic heterocycles. The summed E-state index contributed by atoms with van der Waals surface area (Å²) >= 11 is 3.07. The lowest BCUT2D eigenvalue weighted by Gasteiger charge is -2.12. The molecule has 0 bridgehead atoms. The zero-order valence-corrected chi connectivity index (χ0v) is 10.6. The van der Waals surface area contributed by atoms with E-state index in [1.165, 1.54) is 12.4 Å². The lowest BCUT2D eigenvalue weighted by Crippen LogP contribution is -2.11. The topological polar surface area (TPSA) is 61.0 Å². The van der Waals surface area contributed by atoms with Crippen LogP contribution in [-0.2, 0) is 6.18 Å². The molecular weight excluding hydrogens is 331 g/mol. The van der Waals surface area contributed by atoms with Crippen LogP contribution >= 0.6 is 15.9 Å². The van der Waals surface area contributed by atoms with Crippen LogP contribution in [0.5, 0.6) is 0 Å². The van der Waals surface area contributed by atoms with E-state index in [2.05, 4.69) is 21.0 Å². The van der Waals surface area contributed by atoms with Crippen LogP contribution in [-0.4, -0.2) is 14.7 Å². The van der Waals surface area contributed by atoms with E-state index in [1.54, 1.807) is 0 Å². The smallest absolute Gasteiger partial charge is 0.258 e. The van der Waals surface area contributed by atoms with Crippen LogP contribution in [0.15, 0.2) is 35.1 Å². The Bertz CT molecular complexity index is 639. The molecule has 19 heavy (non-hydrogen) atoms. The van der Waals surface area contributed by atoms with E-state index >= 15 is 0 Å². The number of nitro groups is 1. The molecule has 0 saturated carbocycles. The van der Waals surface area contributed by atoms with Gasteiger partial charge in [-0.2, -0.15) is 18.3 Å². The predicted octanol–water partition coefficient (Wildman–Crippen LogP) is 3.56. The molecule has 9 heteroatoms. The standard InChI is InChI=1S/C10H5BrF3N3O2/c11-6-4-15-16(5-6)9-2-1-7(17(18)19)3-8(9)10(12,13)14/h1-5H. The molecular formula is C10H5BrF3N3O2. The summed E-state index contributed by atoms with van der Waals surface area (Å²) in [4.78, 5) is 9.66. The van der Waals surface area contributed by atoms with Gasteiger partial charge in [0, 0.05) is 18.3 Å². The van der Waals surface area contributed by atoms with E-state index in [4.69, 9.17) is 0 Å². The molecule has 0 saturated heterocycles. The summed E-state index contributed by atoms with van der Waals surface area (Å²) in [5, 5.41) is 14.3. The molecule has 0 amide bonds. The van der Waals surface area contributed by atoms with E-state index in [1.807, 2.05) is 0 Å². The number of hydrogen-bond donors (Lipinski definition) is 0. The van der Waals surface area contributed by atoms with Gasteiger partial charge in [0.25, 0.3) is 5.69 Å². The minimum atomic E-state index is -4.71. The lowest BCUT2D eigenvalue weighted by molar-refractivity contribution is -0.385. The molecule has 2 rings (SSSR count). The van der Waals surface area contributed by atoms with E-state index in [-0.39, 0.29) is 5.69 Å². The van der Waals surface area contributed by atoms with Gasteiger partial charge in [-0.15, -0.1) is 0 Å². The highest BCUT2D eigenvalue weighted by Gasteiger charge is 2.36. The molecule has 0 N–H and O–H groups in total. The third kappa shape index (κ3) is 2.75. The second-order valence-corrected chi connectivity index (χ2v) is 4.48. The Balaban J connectivity index is 2.64. The van der Waals surface area contributed by atoms with Crippen LogP contribution in [0.1, 0.15) is 5.56 Å². The van der Waals surface area contributed by atoms with Crippen LogP contribution in [0.25, 0.3) is 5.69 Å². The molecule has 1 heterocycles. The Kier molecular flexibility index (Phi) is 3.31. The first-order valence-electron chi connectivity index (χ1n) is 4.85. The van der Waals surface area contributed by atoms with Gasteiger partial charge in [-0.25, -0.2) is 4.68 Å². The Hall–Kier alpha value is -1.90. The van der Waals surface area contributed by atoms with Crippen molar-refractivity contribution in [1.82, 2.24) is 9.78 Å². The van der Waals surface area contributed by atoms with Crippen LogP contribution in [0.3, 0.4) is 0 Å². The lowest BCUT2D eigenvalue weighted by atomic mass is 10.1. The zero-order chi connectivity index (χ0) is 14.2. The fraction of sp³-hybridized carbons (Fsp3) is 0.100. The highest BCUT2D eigenvalue weighted by molar-refractivity contribution is 9.10. The first-order valence-corrected chi connectivity index (χ1v) is 5.64. The fourth-order valence-electron chi connectivity index (χ4n) is 1.50. The predicted molar refractivity (Wildman–Crippen MR) is 62.9 cm³/mol. The molecule has 0 aliphatic carbocycles. The van der Waals surface area contributed by atoms with Gasteiger partial charge in [-0.05, 0) is 22.0 Å². The van der Waals surface area contributed by atoms with E-state index in [0.717, 1.165) is 16.8 Å². The monoisotopic (exact) mass is 335 g/mol. The summed E-state index contributed by atoms with van der Waals surface area (Å²) in [6.45, 7) is 0. The Morgan fingerprint density at radius 2 is 2.05 bits per heavy atom. The number of halogens is 4. The van der Waals surface area contributed by atoms with Gasteiger partial charge < -0.3 is 0 Å². The first kappa shape index (κ1) is 13.5. The third-order valence-corrected chi connectivity index (χ3v) is 2.70. The number of hydrogen-bond acceptors (Lipinski definition) is 3. The average Bonchev–Trinajstić information content (AvgIpc) is 2.73. The molecule has 0 radical (unpaired) electrons. The molecule has 0 fully saturated rings. The van der Waals surface area contributed by atoms with Crippen molar-refractivity contribution in [1.29, 1.82) is 0 Å². The summed E-state index contributed by atoms with van der Waals surface area (Å²) in [5.74, 6) is 0. The van der Waals surface area contributed by atoms with Gasteiger partial charge in [0.15, 0.2) is 0 Å². The van der Waals surface area contributed by atoms with Crippen molar-refractivity contribution in [3.63, 3.8) is 0 Å². The molecule has 0 aliphatic heterocycles. The molecule has 0 atom stereocenters. The number of alkyl halides is 3. The number of benzene rings is 1. The normalized spacial score (nSPS) is 11.6. The summed E-state index contributed by atoms with van der Waals surface area (Å²) < 4.78 is 40.2. The minimum Gasteiger partial charge on any atom is -0.258 e. The molecule has 100 valence electrons. The van der Waals surface area contributed by atoms with Gasteiger partial charge in [-0.3, -0.25) is 10.1 Å². The second-order valence-electron chi connectivity index (χ2n) is 3.56. The Morgan fingerprint density at radius 3 is 2.53 bits per heavy atom. The Morgan fingerprint density at radius 1 is 1.37 bits per heavy atom. The van der Waals surface area contributed by atoms with Gasteiger partial charge in [-0.1, -0.05) is 0 Å². The van der Waals surface area contributed by atoms with Crippen LogP contribution in [0.4, 0.5) is 18.9 Å². The van der Waals surface area contributed by atoms with Gasteiger partial charge in [0.2, 0.25) is 0 Å². The van der Waals surface area contributed by atoms with Crippen molar-refractivity contribution < 1.29 is 18.1 Å². The molecule has 0 aliphatic rings. The second kappa shape index (κ2) is 4.65. The maximum atomic E-state index is 12.9. The van der Waals surface area contributed by atoms with Crippen molar-refractivity contribution in [3.8, 4) is 5.69 Å². The third-order valence-electron chi connectivity index (χ3n) is 2.29. The number of rotatable bonds is 2. The van der Waals surface area contributed by atoms with Gasteiger partial charge >= 0.3 is 6.18 Å². The maximum absolute atomic E-state index is 12.9. The molecule has 0 spiro atoms. The van der Waals surface area contributed by atoms with Crippen molar-refractivity contribution >= 4 is 21.6 Å². The zero-order valence-electron chi connectivity index (χ0n) is 9.06. The van der Waals surface area contributed by atoms with E-state index in [9.17, 15) is 23.3 Å². The summed E-state index contributed by atoms with van der Waals surface area (Å²) in [6.07, 6.45) is -2.06. The quantitative estimate of drug-likeness (QED) is 0.622. The first-order chi connectivity index (χ1) is 8.79. The van der Waals surface area contributed by atoms with E-state index < -0.39 is 22.4 Å². The van der Waals surface area contributed by atoms with Gasteiger partial charge in [0.1, 0.15) is 0 Å². The van der Waals surface area contributed by atoms with Crippen LogP contribution in [0.2, 0.25) is 0 Å². The maximum Gasteiger partial charge on any atom is 0.418 e. The van der Waals surface area contributed by atoms with E-state index in [0.29, 0.717) is 10.5 Å². The molecule has 2 aromatic rings. The number of nitro benzene ring substituents is 1. The fourth-order valence-corrected chi connectivity index (χ4v) is 1.78. The van der Waals surface area contributed by atoms with Crippen LogP contribution < -0.4 is 0 Å². The van der Waals surface area contributed by atoms with Crippen molar-refractivity contribution in [2.24, 2.45) is 0 Å². The highest BCUT2D eigenvalue weighted by Crippen LogP contribution is 2.36. The highest BCUT2D eigenvalue weighted by atomic mass is 79.9. The summed E-state index contributed by atoms with van der Waals surface area (Å²) in [6, 6.07) is 2.51. The SMILES string of the molecule is O=[N+]([O-])c1ccc(-n2cc(Br)cn2)c(C(F)(F)F)c1. The van der Waals surface area contributed by atoms with Crippen LogP contribution in [0, 0.1) is 10.1 Å². The summed E-state index contributed by atoms with van der Waals surface area (Å²) in [7, 11) is 0. The molecule has 5 nitrogen and oxygen atoms in total. The summed E-state index contributed by atoms with van der Waals surface area (Å²) in [5.41, 5.74) is -2.01. The largest absolute Gasteiger partial charge is 0.418 e. The number of aromatic nitrogens is 2. The Labute approximate surface area is 112 Å². The van der Waals surface area contributed by atoms with Gasteiger partial charge in [0.05, 0.1) is 26.8 Å². The number of non-ortho nitro benzene ring substituents is 1. The van der Waals surface area contributed by atoms with Crippen molar-refractivity contribution in [3.05, 3.63) is 50.7 Å². The average molecular weight is 336 g/mol. The van der Waals surface area contributed by atoms with Crippen molar-refractivity contribution in [2.45, 2.75) is 6.18 Å².